The lowest BCUT2D eigenvalue weighted by molar-refractivity contribution is -0.140. The van der Waals surface area contributed by atoms with Crippen molar-refractivity contribution < 1.29 is 14.6 Å². The second kappa shape index (κ2) is 8.82. The summed E-state index contributed by atoms with van der Waals surface area (Å²) in [6.45, 7) is 5.07. The molecular formula is C15H22ClNO3. The van der Waals surface area contributed by atoms with Gasteiger partial charge in [0.1, 0.15) is 11.8 Å². The van der Waals surface area contributed by atoms with Crippen LogP contribution < -0.4 is 10.1 Å². The molecule has 2 atom stereocenters. The molecule has 5 heteroatoms. The fourth-order valence-corrected chi connectivity index (χ4v) is 2.02. The maximum atomic E-state index is 11.1. The quantitative estimate of drug-likeness (QED) is 0.688. The van der Waals surface area contributed by atoms with E-state index in [0.29, 0.717) is 18.2 Å². The molecule has 0 aromatic heterocycles. The van der Waals surface area contributed by atoms with Gasteiger partial charge in [0.05, 0.1) is 6.61 Å². The number of aliphatic carboxylic acids is 1. The van der Waals surface area contributed by atoms with Crippen molar-refractivity contribution in [2.75, 3.05) is 13.2 Å². The minimum Gasteiger partial charge on any atom is -0.493 e. The highest BCUT2D eigenvalue weighted by molar-refractivity contribution is 6.30. The smallest absolute Gasteiger partial charge is 0.320 e. The minimum atomic E-state index is -0.796. The van der Waals surface area contributed by atoms with Crippen LogP contribution in [0.3, 0.4) is 0 Å². The molecule has 0 fully saturated rings. The van der Waals surface area contributed by atoms with Gasteiger partial charge in [-0.15, -0.1) is 0 Å². The summed E-state index contributed by atoms with van der Waals surface area (Å²) in [7, 11) is 0. The molecule has 0 saturated heterocycles. The fraction of sp³-hybridized carbons (Fsp3) is 0.533. The molecule has 0 radical (unpaired) electrons. The van der Waals surface area contributed by atoms with E-state index in [9.17, 15) is 4.79 Å². The number of nitrogens with one attached hydrogen (secondary N) is 1. The Morgan fingerprint density at radius 1 is 1.50 bits per heavy atom. The Morgan fingerprint density at radius 3 is 2.85 bits per heavy atom. The molecule has 20 heavy (non-hydrogen) atoms. The van der Waals surface area contributed by atoms with Crippen LogP contribution in [0.1, 0.15) is 26.7 Å². The van der Waals surface area contributed by atoms with Crippen molar-refractivity contribution in [3.63, 3.8) is 0 Å². The van der Waals surface area contributed by atoms with Crippen molar-refractivity contribution in [1.82, 2.24) is 5.32 Å². The zero-order valence-electron chi connectivity index (χ0n) is 11.9. The molecule has 2 N–H and O–H groups in total. The SMILES string of the molecule is CC[C@H](C)[C@H](NCCCOc1cccc(Cl)c1)C(=O)O. The van der Waals surface area contributed by atoms with Crippen LogP contribution in [0.5, 0.6) is 5.75 Å². The number of hydrogen-bond acceptors (Lipinski definition) is 3. The van der Waals surface area contributed by atoms with Gasteiger partial charge in [-0.2, -0.15) is 0 Å². The zero-order chi connectivity index (χ0) is 15.0. The lowest BCUT2D eigenvalue weighted by Gasteiger charge is -2.20. The number of carbonyl (C=O) groups is 1. The van der Waals surface area contributed by atoms with Crippen LogP contribution in [0.4, 0.5) is 0 Å². The van der Waals surface area contributed by atoms with Crippen molar-refractivity contribution in [1.29, 1.82) is 0 Å². The molecule has 0 aliphatic carbocycles. The third-order valence-corrected chi connectivity index (χ3v) is 3.46. The third-order valence-electron chi connectivity index (χ3n) is 3.23. The molecule has 0 aliphatic heterocycles. The first-order valence-electron chi connectivity index (χ1n) is 6.89. The minimum absolute atomic E-state index is 0.112. The highest BCUT2D eigenvalue weighted by atomic mass is 35.5. The summed E-state index contributed by atoms with van der Waals surface area (Å²) >= 11 is 5.85. The van der Waals surface area contributed by atoms with E-state index in [-0.39, 0.29) is 5.92 Å². The maximum Gasteiger partial charge on any atom is 0.320 e. The summed E-state index contributed by atoms with van der Waals surface area (Å²) in [5.74, 6) is 0.0469. The Hall–Kier alpha value is -1.26. The predicted octanol–water partition coefficient (Wildman–Crippen LogP) is 3.20. The van der Waals surface area contributed by atoms with Gasteiger partial charge in [0.2, 0.25) is 0 Å². The zero-order valence-corrected chi connectivity index (χ0v) is 12.7. The summed E-state index contributed by atoms with van der Waals surface area (Å²) < 4.78 is 5.54. The van der Waals surface area contributed by atoms with Crippen molar-refractivity contribution in [2.45, 2.75) is 32.7 Å². The molecule has 1 rings (SSSR count). The molecule has 1 aromatic carbocycles. The second-order valence-corrected chi connectivity index (χ2v) is 5.25. The molecule has 0 aliphatic rings. The number of rotatable bonds is 9. The van der Waals surface area contributed by atoms with Gasteiger partial charge < -0.3 is 15.2 Å². The lowest BCUT2D eigenvalue weighted by atomic mass is 9.99. The van der Waals surface area contributed by atoms with E-state index in [0.717, 1.165) is 18.6 Å². The van der Waals surface area contributed by atoms with E-state index in [1.165, 1.54) is 0 Å². The molecular weight excluding hydrogens is 278 g/mol. The third kappa shape index (κ3) is 5.80. The van der Waals surface area contributed by atoms with Crippen LogP contribution in [0, 0.1) is 5.92 Å². The van der Waals surface area contributed by atoms with Crippen LogP contribution in [0.25, 0.3) is 0 Å². The van der Waals surface area contributed by atoms with Crippen molar-refractivity contribution in [3.05, 3.63) is 29.3 Å². The van der Waals surface area contributed by atoms with Gasteiger partial charge in [0, 0.05) is 5.02 Å². The normalized spacial score (nSPS) is 13.8. The van der Waals surface area contributed by atoms with Crippen molar-refractivity contribution in [2.24, 2.45) is 5.92 Å². The van der Waals surface area contributed by atoms with Gasteiger partial charge in [-0.3, -0.25) is 4.79 Å². The first kappa shape index (κ1) is 16.8. The standard InChI is InChI=1S/C15H22ClNO3/c1-3-11(2)14(15(18)19)17-8-5-9-20-13-7-4-6-12(16)10-13/h4,6-7,10-11,14,17H,3,5,8-9H2,1-2H3,(H,18,19)/t11-,14-/m0/s1. The number of hydrogen-bond donors (Lipinski definition) is 2. The van der Waals surface area contributed by atoms with Gasteiger partial charge in [0.15, 0.2) is 0 Å². The van der Waals surface area contributed by atoms with E-state index >= 15 is 0 Å². The molecule has 0 saturated carbocycles. The maximum absolute atomic E-state index is 11.1. The number of halogens is 1. The molecule has 0 bridgehead atoms. The average Bonchev–Trinajstić information content (AvgIpc) is 2.41. The Balaban J connectivity index is 2.25. The summed E-state index contributed by atoms with van der Waals surface area (Å²) in [6, 6.07) is 6.73. The lowest BCUT2D eigenvalue weighted by Crippen LogP contribution is -2.42. The van der Waals surface area contributed by atoms with Gasteiger partial charge in [-0.05, 0) is 37.1 Å². The van der Waals surface area contributed by atoms with Gasteiger partial charge in [-0.1, -0.05) is 37.9 Å². The number of ether oxygens (including phenoxy) is 1. The topological polar surface area (TPSA) is 58.6 Å². The number of carboxylic acids is 1. The van der Waals surface area contributed by atoms with Crippen LogP contribution in [-0.4, -0.2) is 30.3 Å². The van der Waals surface area contributed by atoms with Crippen LogP contribution in [-0.2, 0) is 4.79 Å². The fourth-order valence-electron chi connectivity index (χ4n) is 1.84. The van der Waals surface area contributed by atoms with Crippen LogP contribution in [0.2, 0.25) is 5.02 Å². The highest BCUT2D eigenvalue weighted by Crippen LogP contribution is 2.17. The Labute approximate surface area is 125 Å². The van der Waals surface area contributed by atoms with E-state index in [1.54, 1.807) is 12.1 Å². The molecule has 112 valence electrons. The number of benzene rings is 1. The van der Waals surface area contributed by atoms with Gasteiger partial charge in [-0.25, -0.2) is 0 Å². The summed E-state index contributed by atoms with van der Waals surface area (Å²) in [4.78, 5) is 11.1. The summed E-state index contributed by atoms with van der Waals surface area (Å²) in [5.41, 5.74) is 0. The van der Waals surface area contributed by atoms with E-state index in [1.807, 2.05) is 26.0 Å². The average molecular weight is 300 g/mol. The Kier molecular flexibility index (Phi) is 7.41. The van der Waals surface area contributed by atoms with E-state index in [4.69, 9.17) is 21.4 Å². The molecule has 0 amide bonds. The Bertz CT molecular complexity index is 425. The highest BCUT2D eigenvalue weighted by Gasteiger charge is 2.22. The van der Waals surface area contributed by atoms with E-state index in [2.05, 4.69) is 5.32 Å². The monoisotopic (exact) mass is 299 g/mol. The molecule has 1 aromatic rings. The van der Waals surface area contributed by atoms with Crippen LogP contribution >= 0.6 is 11.6 Å². The Morgan fingerprint density at radius 2 is 2.25 bits per heavy atom. The molecule has 4 nitrogen and oxygen atoms in total. The first-order chi connectivity index (χ1) is 9.54. The first-order valence-corrected chi connectivity index (χ1v) is 7.27. The van der Waals surface area contributed by atoms with E-state index < -0.39 is 12.0 Å². The second-order valence-electron chi connectivity index (χ2n) is 4.81. The molecule has 0 spiro atoms. The van der Waals surface area contributed by atoms with Gasteiger partial charge >= 0.3 is 5.97 Å². The van der Waals surface area contributed by atoms with Crippen molar-refractivity contribution >= 4 is 17.6 Å². The predicted molar refractivity (Wildman–Crippen MR) is 80.4 cm³/mol. The van der Waals surface area contributed by atoms with Gasteiger partial charge in [0.25, 0.3) is 0 Å². The largest absolute Gasteiger partial charge is 0.493 e. The molecule has 0 heterocycles. The van der Waals surface area contributed by atoms with Crippen molar-refractivity contribution in [3.8, 4) is 5.75 Å². The van der Waals surface area contributed by atoms with Crippen LogP contribution in [0.15, 0.2) is 24.3 Å². The molecule has 0 unspecified atom stereocenters. The summed E-state index contributed by atoms with van der Waals surface area (Å²) in [5, 5.41) is 12.8. The number of carboxylic acid groups (broad SMARTS) is 1. The summed E-state index contributed by atoms with van der Waals surface area (Å²) in [6.07, 6.45) is 1.58.